The number of hydrogen-bond acceptors (Lipinski definition) is 2. The summed E-state index contributed by atoms with van der Waals surface area (Å²) in [6.07, 6.45) is 0. The summed E-state index contributed by atoms with van der Waals surface area (Å²) in [5.74, 6) is -1.43. The van der Waals surface area contributed by atoms with E-state index in [4.69, 9.17) is 0 Å². The standard InChI is InChI=1S/C15H10FNO2/c16-11-5-3-4-10(8-11)9-17-13-7-2-1-6-12(13)14(18)15(17)19/h1-8H,9H2. The van der Waals surface area contributed by atoms with Crippen LogP contribution in [0.2, 0.25) is 0 Å². The number of para-hydroxylation sites is 1. The van der Waals surface area contributed by atoms with Gasteiger partial charge in [0.05, 0.1) is 17.8 Å². The number of benzene rings is 2. The molecule has 19 heavy (non-hydrogen) atoms. The number of carbonyl (C=O) groups excluding carboxylic acids is 2. The molecule has 0 radical (unpaired) electrons. The molecule has 1 amide bonds. The molecule has 0 aromatic heterocycles. The van der Waals surface area contributed by atoms with E-state index >= 15 is 0 Å². The number of fused-ring (bicyclic) bond motifs is 1. The second-order valence-electron chi connectivity index (χ2n) is 4.37. The molecule has 0 unspecified atom stereocenters. The van der Waals surface area contributed by atoms with Gasteiger partial charge in [-0.2, -0.15) is 0 Å². The first kappa shape index (κ1) is 11.6. The van der Waals surface area contributed by atoms with E-state index in [0.29, 0.717) is 16.8 Å². The molecule has 1 heterocycles. The Bertz CT molecular complexity index is 681. The van der Waals surface area contributed by atoms with Crippen molar-refractivity contribution in [3.8, 4) is 0 Å². The molecule has 0 bridgehead atoms. The topological polar surface area (TPSA) is 37.4 Å². The molecule has 0 saturated carbocycles. The summed E-state index contributed by atoms with van der Waals surface area (Å²) in [6, 6.07) is 12.8. The van der Waals surface area contributed by atoms with Crippen molar-refractivity contribution in [3.63, 3.8) is 0 Å². The number of hydrogen-bond donors (Lipinski definition) is 0. The molecular weight excluding hydrogens is 245 g/mol. The van der Waals surface area contributed by atoms with Crippen LogP contribution in [0.1, 0.15) is 15.9 Å². The zero-order valence-electron chi connectivity index (χ0n) is 9.97. The van der Waals surface area contributed by atoms with Gasteiger partial charge in [0, 0.05) is 0 Å². The number of ketones is 1. The van der Waals surface area contributed by atoms with Crippen molar-refractivity contribution in [2.24, 2.45) is 0 Å². The van der Waals surface area contributed by atoms with Crippen LogP contribution in [0.25, 0.3) is 0 Å². The van der Waals surface area contributed by atoms with Crippen LogP contribution in [0.5, 0.6) is 0 Å². The maximum absolute atomic E-state index is 13.1. The van der Waals surface area contributed by atoms with Crippen LogP contribution in [0.3, 0.4) is 0 Å². The number of nitrogens with zero attached hydrogens (tertiary/aromatic N) is 1. The van der Waals surface area contributed by atoms with Crippen LogP contribution >= 0.6 is 0 Å². The van der Waals surface area contributed by atoms with E-state index in [9.17, 15) is 14.0 Å². The quantitative estimate of drug-likeness (QED) is 0.773. The average Bonchev–Trinajstić information content (AvgIpc) is 2.65. The third kappa shape index (κ3) is 1.91. The minimum atomic E-state index is -0.564. The van der Waals surface area contributed by atoms with Gasteiger partial charge in [-0.25, -0.2) is 4.39 Å². The Balaban J connectivity index is 1.98. The molecule has 0 fully saturated rings. The molecule has 0 aliphatic carbocycles. The van der Waals surface area contributed by atoms with Crippen molar-refractivity contribution in [2.75, 3.05) is 4.90 Å². The molecule has 0 atom stereocenters. The lowest BCUT2D eigenvalue weighted by Crippen LogP contribution is -2.29. The summed E-state index contributed by atoms with van der Waals surface area (Å²) in [5.41, 5.74) is 1.64. The first-order valence-electron chi connectivity index (χ1n) is 5.86. The van der Waals surface area contributed by atoms with E-state index in [0.717, 1.165) is 0 Å². The lowest BCUT2D eigenvalue weighted by Gasteiger charge is -2.16. The Kier molecular flexibility index (Phi) is 2.63. The van der Waals surface area contributed by atoms with E-state index in [1.807, 2.05) is 0 Å². The summed E-state index contributed by atoms with van der Waals surface area (Å²) < 4.78 is 13.1. The molecule has 2 aromatic carbocycles. The monoisotopic (exact) mass is 255 g/mol. The van der Waals surface area contributed by atoms with Gasteiger partial charge in [-0.1, -0.05) is 24.3 Å². The Morgan fingerprint density at radius 2 is 1.79 bits per heavy atom. The molecule has 0 spiro atoms. The first-order valence-corrected chi connectivity index (χ1v) is 5.86. The highest BCUT2D eigenvalue weighted by Gasteiger charge is 2.35. The number of carbonyl (C=O) groups is 2. The normalized spacial score (nSPS) is 13.8. The molecule has 2 aromatic rings. The Hall–Kier alpha value is -2.49. The van der Waals surface area contributed by atoms with E-state index < -0.39 is 11.7 Å². The molecule has 94 valence electrons. The minimum Gasteiger partial charge on any atom is -0.300 e. The lowest BCUT2D eigenvalue weighted by atomic mass is 10.1. The smallest absolute Gasteiger partial charge is 0.299 e. The molecular formula is C15H10FNO2. The third-order valence-electron chi connectivity index (χ3n) is 3.11. The highest BCUT2D eigenvalue weighted by atomic mass is 19.1. The summed E-state index contributed by atoms with van der Waals surface area (Å²) in [7, 11) is 0. The Morgan fingerprint density at radius 1 is 1.00 bits per heavy atom. The Morgan fingerprint density at radius 3 is 2.58 bits per heavy atom. The van der Waals surface area contributed by atoms with Crippen LogP contribution in [0.4, 0.5) is 10.1 Å². The molecule has 0 saturated heterocycles. The number of Topliss-reactive ketones (excluding diaryl/α,β-unsaturated/α-hetero) is 1. The minimum absolute atomic E-state index is 0.194. The van der Waals surface area contributed by atoms with Gasteiger partial charge < -0.3 is 4.90 Å². The first-order chi connectivity index (χ1) is 9.16. The van der Waals surface area contributed by atoms with Crippen molar-refractivity contribution < 1.29 is 14.0 Å². The van der Waals surface area contributed by atoms with Gasteiger partial charge in [0.25, 0.3) is 11.7 Å². The van der Waals surface area contributed by atoms with Gasteiger partial charge in [0.15, 0.2) is 0 Å². The van der Waals surface area contributed by atoms with Gasteiger partial charge in [0.1, 0.15) is 5.82 Å². The highest BCUT2D eigenvalue weighted by Crippen LogP contribution is 2.29. The van der Waals surface area contributed by atoms with E-state index in [1.54, 1.807) is 36.4 Å². The van der Waals surface area contributed by atoms with E-state index in [-0.39, 0.29) is 12.4 Å². The third-order valence-corrected chi connectivity index (χ3v) is 3.11. The average molecular weight is 255 g/mol. The molecule has 4 heteroatoms. The largest absolute Gasteiger partial charge is 0.300 e. The zero-order chi connectivity index (χ0) is 13.4. The van der Waals surface area contributed by atoms with Crippen molar-refractivity contribution in [2.45, 2.75) is 6.54 Å². The van der Waals surface area contributed by atoms with Crippen LogP contribution in [-0.4, -0.2) is 11.7 Å². The number of rotatable bonds is 2. The molecule has 1 aliphatic heterocycles. The summed E-state index contributed by atoms with van der Waals surface area (Å²) in [4.78, 5) is 25.1. The molecule has 1 aliphatic rings. The van der Waals surface area contributed by atoms with E-state index in [2.05, 4.69) is 0 Å². The SMILES string of the molecule is O=C1C(=O)N(Cc2cccc(F)c2)c2ccccc21. The Labute approximate surface area is 109 Å². The van der Waals surface area contributed by atoms with Gasteiger partial charge in [-0.05, 0) is 29.8 Å². The number of amides is 1. The van der Waals surface area contributed by atoms with Gasteiger partial charge in [0.2, 0.25) is 0 Å². The van der Waals surface area contributed by atoms with Crippen LogP contribution in [0, 0.1) is 5.82 Å². The van der Waals surface area contributed by atoms with E-state index in [1.165, 1.54) is 17.0 Å². The fourth-order valence-electron chi connectivity index (χ4n) is 2.22. The fraction of sp³-hybridized carbons (Fsp3) is 0.0667. The maximum Gasteiger partial charge on any atom is 0.299 e. The summed E-state index contributed by atoms with van der Waals surface area (Å²) in [5, 5.41) is 0. The van der Waals surface area contributed by atoms with Crippen LogP contribution in [0.15, 0.2) is 48.5 Å². The molecule has 3 nitrogen and oxygen atoms in total. The fourth-order valence-corrected chi connectivity index (χ4v) is 2.22. The predicted molar refractivity (Wildman–Crippen MR) is 68.4 cm³/mol. The van der Waals surface area contributed by atoms with Gasteiger partial charge >= 0.3 is 0 Å². The summed E-state index contributed by atoms with van der Waals surface area (Å²) in [6.45, 7) is 0.194. The second-order valence-corrected chi connectivity index (χ2v) is 4.37. The lowest BCUT2D eigenvalue weighted by molar-refractivity contribution is -0.114. The second kappa shape index (κ2) is 4.31. The molecule has 3 rings (SSSR count). The van der Waals surface area contributed by atoms with Crippen molar-refractivity contribution in [1.82, 2.24) is 0 Å². The van der Waals surface area contributed by atoms with Crippen molar-refractivity contribution in [1.29, 1.82) is 0 Å². The predicted octanol–water partition coefficient (Wildman–Crippen LogP) is 2.56. The van der Waals surface area contributed by atoms with Crippen molar-refractivity contribution in [3.05, 3.63) is 65.5 Å². The molecule has 0 N–H and O–H groups in total. The van der Waals surface area contributed by atoms with Gasteiger partial charge in [-0.3, -0.25) is 9.59 Å². The maximum atomic E-state index is 13.1. The zero-order valence-corrected chi connectivity index (χ0v) is 9.97. The van der Waals surface area contributed by atoms with Crippen molar-refractivity contribution >= 4 is 17.4 Å². The van der Waals surface area contributed by atoms with Crippen LogP contribution in [-0.2, 0) is 11.3 Å². The highest BCUT2D eigenvalue weighted by molar-refractivity contribution is 6.52. The number of anilines is 1. The number of halogens is 1. The summed E-state index contributed by atoms with van der Waals surface area (Å²) >= 11 is 0. The van der Waals surface area contributed by atoms with Crippen LogP contribution < -0.4 is 4.90 Å². The van der Waals surface area contributed by atoms with Gasteiger partial charge in [-0.15, -0.1) is 0 Å².